The van der Waals surface area contributed by atoms with E-state index in [1.54, 1.807) is 4.90 Å². The number of nitrogens with zero attached hydrogens (tertiary/aromatic N) is 1. The Bertz CT molecular complexity index is 842. The van der Waals surface area contributed by atoms with Crippen molar-refractivity contribution in [3.8, 4) is 0 Å². The normalized spacial score (nSPS) is 17.0. The lowest BCUT2D eigenvalue weighted by molar-refractivity contribution is -0.122. The van der Waals surface area contributed by atoms with E-state index in [2.05, 4.69) is 25.2 Å². The van der Waals surface area contributed by atoms with Crippen molar-refractivity contribution < 1.29 is 9.59 Å². The van der Waals surface area contributed by atoms with E-state index in [0.717, 1.165) is 22.5 Å². The number of carbonyl (C=O) groups excluding carboxylic acids is 2. The van der Waals surface area contributed by atoms with Crippen LogP contribution < -0.4 is 10.2 Å². The molecule has 1 atom stereocenters. The molecule has 4 heteroatoms. The Balaban J connectivity index is 1.75. The van der Waals surface area contributed by atoms with Crippen molar-refractivity contribution in [2.45, 2.75) is 40.0 Å². The molecule has 0 aromatic heterocycles. The van der Waals surface area contributed by atoms with Gasteiger partial charge in [-0.2, -0.15) is 0 Å². The highest BCUT2D eigenvalue weighted by Crippen LogP contribution is 2.32. The molecule has 1 N–H and O–H groups in total. The number of benzene rings is 2. The van der Waals surface area contributed by atoms with Crippen LogP contribution in [0.3, 0.4) is 0 Å². The molecule has 2 amide bonds. The third-order valence-corrected chi connectivity index (χ3v) is 5.12. The SMILES string of the molecule is Cc1ccc(NC(=O)C2CC(=O)N(c3ccccc3C(C)C)C2)cc1C. The van der Waals surface area contributed by atoms with Crippen LogP contribution in [-0.4, -0.2) is 18.4 Å². The molecule has 3 rings (SSSR count). The molecule has 136 valence electrons. The highest BCUT2D eigenvalue weighted by molar-refractivity contribution is 6.03. The molecule has 26 heavy (non-hydrogen) atoms. The van der Waals surface area contributed by atoms with Crippen molar-refractivity contribution in [2.75, 3.05) is 16.8 Å². The monoisotopic (exact) mass is 350 g/mol. The van der Waals surface area contributed by atoms with Crippen LogP contribution in [0.4, 0.5) is 11.4 Å². The second-order valence-corrected chi connectivity index (χ2v) is 7.41. The van der Waals surface area contributed by atoms with Crippen LogP contribution in [0, 0.1) is 19.8 Å². The zero-order valence-electron chi connectivity index (χ0n) is 15.9. The summed E-state index contributed by atoms with van der Waals surface area (Å²) < 4.78 is 0. The lowest BCUT2D eigenvalue weighted by atomic mass is 10.0. The summed E-state index contributed by atoms with van der Waals surface area (Å²) in [6.45, 7) is 8.72. The van der Waals surface area contributed by atoms with Gasteiger partial charge in [0.05, 0.1) is 5.92 Å². The first kappa shape index (κ1) is 18.2. The smallest absolute Gasteiger partial charge is 0.229 e. The summed E-state index contributed by atoms with van der Waals surface area (Å²) in [4.78, 5) is 27.0. The van der Waals surface area contributed by atoms with Crippen LogP contribution >= 0.6 is 0 Å². The molecular weight excluding hydrogens is 324 g/mol. The summed E-state index contributed by atoms with van der Waals surface area (Å²) in [6, 6.07) is 13.8. The van der Waals surface area contributed by atoms with Crippen molar-refractivity contribution in [3.63, 3.8) is 0 Å². The molecule has 4 nitrogen and oxygen atoms in total. The molecule has 1 unspecified atom stereocenters. The van der Waals surface area contributed by atoms with E-state index in [4.69, 9.17) is 0 Å². The van der Waals surface area contributed by atoms with E-state index >= 15 is 0 Å². The minimum atomic E-state index is -0.329. The maximum absolute atomic E-state index is 12.7. The first-order valence-corrected chi connectivity index (χ1v) is 9.14. The zero-order valence-corrected chi connectivity index (χ0v) is 15.9. The summed E-state index contributed by atoms with van der Waals surface area (Å²) >= 11 is 0. The molecule has 0 spiro atoms. The van der Waals surface area contributed by atoms with Gasteiger partial charge in [0.25, 0.3) is 0 Å². The van der Waals surface area contributed by atoms with Gasteiger partial charge in [0.1, 0.15) is 0 Å². The number of amides is 2. The minimum Gasteiger partial charge on any atom is -0.326 e. The highest BCUT2D eigenvalue weighted by Gasteiger charge is 2.36. The zero-order chi connectivity index (χ0) is 18.8. The largest absolute Gasteiger partial charge is 0.326 e. The molecule has 1 aliphatic rings. The molecule has 1 saturated heterocycles. The number of anilines is 2. The molecule has 1 aliphatic heterocycles. The average Bonchev–Trinajstić information content (AvgIpc) is 3.00. The number of aryl methyl sites for hydroxylation is 2. The first-order valence-electron chi connectivity index (χ1n) is 9.14. The van der Waals surface area contributed by atoms with E-state index in [0.29, 0.717) is 12.5 Å². The van der Waals surface area contributed by atoms with Gasteiger partial charge in [-0.05, 0) is 54.7 Å². The summed E-state index contributed by atoms with van der Waals surface area (Å²) in [6.07, 6.45) is 0.253. The average molecular weight is 350 g/mol. The number of carbonyl (C=O) groups is 2. The van der Waals surface area contributed by atoms with Gasteiger partial charge in [0, 0.05) is 24.3 Å². The number of rotatable bonds is 4. The Kier molecular flexibility index (Phi) is 5.12. The fraction of sp³-hybridized carbons (Fsp3) is 0.364. The van der Waals surface area contributed by atoms with Crippen LogP contribution in [0.5, 0.6) is 0 Å². The molecule has 0 aliphatic carbocycles. The van der Waals surface area contributed by atoms with Crippen LogP contribution in [0.15, 0.2) is 42.5 Å². The maximum Gasteiger partial charge on any atom is 0.229 e. The summed E-state index contributed by atoms with van der Waals surface area (Å²) in [5.74, 6) is -0.0868. The Morgan fingerprint density at radius 3 is 2.54 bits per heavy atom. The van der Waals surface area contributed by atoms with Gasteiger partial charge >= 0.3 is 0 Å². The topological polar surface area (TPSA) is 49.4 Å². The minimum absolute atomic E-state index is 0.0123. The number of para-hydroxylation sites is 1. The van der Waals surface area contributed by atoms with E-state index in [1.807, 2.05) is 50.2 Å². The molecule has 0 saturated carbocycles. The van der Waals surface area contributed by atoms with Gasteiger partial charge in [-0.15, -0.1) is 0 Å². The summed E-state index contributed by atoms with van der Waals surface area (Å²) in [5.41, 5.74) is 5.17. The van der Waals surface area contributed by atoms with Gasteiger partial charge in [-0.3, -0.25) is 9.59 Å². The Morgan fingerprint density at radius 1 is 1.12 bits per heavy atom. The lowest BCUT2D eigenvalue weighted by Crippen LogP contribution is -2.29. The van der Waals surface area contributed by atoms with E-state index in [1.165, 1.54) is 5.56 Å². The second kappa shape index (κ2) is 7.32. The molecule has 1 fully saturated rings. The van der Waals surface area contributed by atoms with E-state index in [-0.39, 0.29) is 24.2 Å². The number of hydrogen-bond donors (Lipinski definition) is 1. The third kappa shape index (κ3) is 3.64. The van der Waals surface area contributed by atoms with Crippen molar-refractivity contribution in [2.24, 2.45) is 5.92 Å². The molecule has 0 radical (unpaired) electrons. The van der Waals surface area contributed by atoms with Gasteiger partial charge in [0.15, 0.2) is 0 Å². The predicted octanol–water partition coefficient (Wildman–Crippen LogP) is 4.42. The van der Waals surface area contributed by atoms with E-state index < -0.39 is 0 Å². The van der Waals surface area contributed by atoms with Crippen molar-refractivity contribution in [3.05, 3.63) is 59.2 Å². The van der Waals surface area contributed by atoms with Crippen molar-refractivity contribution in [1.82, 2.24) is 0 Å². The summed E-state index contributed by atoms with van der Waals surface area (Å²) in [5, 5.41) is 2.96. The molecule has 0 bridgehead atoms. The fourth-order valence-corrected chi connectivity index (χ4v) is 3.40. The molecule has 2 aromatic rings. The quantitative estimate of drug-likeness (QED) is 0.887. The van der Waals surface area contributed by atoms with Gasteiger partial charge in [-0.25, -0.2) is 0 Å². The molecular formula is C22H26N2O2. The van der Waals surface area contributed by atoms with Crippen molar-refractivity contribution >= 4 is 23.2 Å². The first-order chi connectivity index (χ1) is 12.4. The van der Waals surface area contributed by atoms with Crippen molar-refractivity contribution in [1.29, 1.82) is 0 Å². The van der Waals surface area contributed by atoms with Gasteiger partial charge < -0.3 is 10.2 Å². The summed E-state index contributed by atoms with van der Waals surface area (Å²) in [7, 11) is 0. The van der Waals surface area contributed by atoms with Gasteiger partial charge in [0.2, 0.25) is 11.8 Å². The Morgan fingerprint density at radius 2 is 1.85 bits per heavy atom. The van der Waals surface area contributed by atoms with Crippen LogP contribution in [-0.2, 0) is 9.59 Å². The molecule has 1 heterocycles. The van der Waals surface area contributed by atoms with Gasteiger partial charge in [-0.1, -0.05) is 38.1 Å². The van der Waals surface area contributed by atoms with Crippen LogP contribution in [0.25, 0.3) is 0 Å². The third-order valence-electron chi connectivity index (χ3n) is 5.12. The van der Waals surface area contributed by atoms with E-state index in [9.17, 15) is 9.59 Å². The number of nitrogens with one attached hydrogen (secondary N) is 1. The lowest BCUT2D eigenvalue weighted by Gasteiger charge is -2.22. The maximum atomic E-state index is 12.7. The second-order valence-electron chi connectivity index (χ2n) is 7.41. The Labute approximate surface area is 155 Å². The van der Waals surface area contributed by atoms with Crippen LogP contribution in [0.1, 0.15) is 42.9 Å². The molecule has 2 aromatic carbocycles. The predicted molar refractivity (Wildman–Crippen MR) is 106 cm³/mol. The standard InChI is InChI=1S/C22H26N2O2/c1-14(2)19-7-5-6-8-20(19)24-13-17(12-21(24)25)22(26)23-18-10-9-15(3)16(4)11-18/h5-11,14,17H,12-13H2,1-4H3,(H,23,26). The fourth-order valence-electron chi connectivity index (χ4n) is 3.40. The Hall–Kier alpha value is -2.62. The van der Waals surface area contributed by atoms with Crippen LogP contribution in [0.2, 0.25) is 0 Å². The number of hydrogen-bond acceptors (Lipinski definition) is 2. The highest BCUT2D eigenvalue weighted by atomic mass is 16.2.